The molecular weight excluding hydrogens is 376 g/mol. The Morgan fingerprint density at radius 1 is 1.14 bits per heavy atom. The van der Waals surface area contributed by atoms with Crippen LogP contribution >= 0.6 is 11.6 Å². The molecule has 0 unspecified atom stereocenters. The number of carbonyl (C=O) groups is 1. The first-order chi connectivity index (χ1) is 13.6. The zero-order valence-electron chi connectivity index (χ0n) is 15.6. The smallest absolute Gasteiger partial charge is 0.260 e. The number of hydrogen-bond donors (Lipinski definition) is 0. The number of nitrogens with zero attached hydrogens (tertiary/aromatic N) is 4. The van der Waals surface area contributed by atoms with E-state index in [0.29, 0.717) is 23.9 Å². The second-order valence-corrected chi connectivity index (χ2v) is 7.33. The van der Waals surface area contributed by atoms with Crippen molar-refractivity contribution in [3.63, 3.8) is 0 Å². The van der Waals surface area contributed by atoms with Gasteiger partial charge in [-0.2, -0.15) is 0 Å². The number of rotatable bonds is 5. The van der Waals surface area contributed by atoms with Crippen molar-refractivity contribution in [2.24, 2.45) is 0 Å². The van der Waals surface area contributed by atoms with Crippen molar-refractivity contribution in [1.29, 1.82) is 0 Å². The lowest BCUT2D eigenvalue weighted by Gasteiger charge is -2.34. The lowest BCUT2D eigenvalue weighted by molar-refractivity contribution is -0.135. The van der Waals surface area contributed by atoms with Gasteiger partial charge in [-0.15, -0.1) is 10.2 Å². The standard InChI is InChI=1S/C21H21ClN4O2/c1-15-23-24-20-13-25(21(27)14-28-19-9-7-17(22)8-10-19)12-18(26(15)20)11-16-5-3-2-4-6-16/h2-10,18H,11-14H2,1H3/t18-/m1/s1. The molecule has 7 heteroatoms. The minimum Gasteiger partial charge on any atom is -0.484 e. The molecule has 2 heterocycles. The maximum atomic E-state index is 12.8. The number of benzene rings is 2. The molecule has 0 aliphatic carbocycles. The zero-order chi connectivity index (χ0) is 19.5. The summed E-state index contributed by atoms with van der Waals surface area (Å²) >= 11 is 5.88. The molecule has 1 aliphatic heterocycles. The Morgan fingerprint density at radius 3 is 2.64 bits per heavy atom. The number of halogens is 1. The molecule has 0 N–H and O–H groups in total. The molecule has 0 saturated carbocycles. The number of aryl methyl sites for hydroxylation is 1. The topological polar surface area (TPSA) is 60.2 Å². The minimum absolute atomic E-state index is 0.0210. The van der Waals surface area contributed by atoms with Crippen molar-refractivity contribution in [1.82, 2.24) is 19.7 Å². The Labute approximate surface area is 168 Å². The Morgan fingerprint density at radius 2 is 1.89 bits per heavy atom. The van der Waals surface area contributed by atoms with Crippen LogP contribution in [0.2, 0.25) is 5.02 Å². The van der Waals surface area contributed by atoms with Crippen LogP contribution < -0.4 is 4.74 Å². The number of fused-ring (bicyclic) bond motifs is 1. The van der Waals surface area contributed by atoms with Crippen molar-refractivity contribution >= 4 is 17.5 Å². The van der Waals surface area contributed by atoms with Crippen LogP contribution in [0.4, 0.5) is 0 Å². The molecular formula is C21H21ClN4O2. The summed E-state index contributed by atoms with van der Waals surface area (Å²) in [5.74, 6) is 2.24. The first-order valence-electron chi connectivity index (χ1n) is 9.20. The fraction of sp³-hybridized carbons (Fsp3) is 0.286. The molecule has 0 saturated heterocycles. The maximum absolute atomic E-state index is 12.8. The first-order valence-corrected chi connectivity index (χ1v) is 9.58. The molecule has 1 aliphatic rings. The second kappa shape index (κ2) is 8.02. The molecule has 0 bridgehead atoms. The van der Waals surface area contributed by atoms with E-state index in [-0.39, 0.29) is 18.6 Å². The van der Waals surface area contributed by atoms with Crippen LogP contribution in [0.1, 0.15) is 23.3 Å². The fourth-order valence-corrected chi connectivity index (χ4v) is 3.69. The fourth-order valence-electron chi connectivity index (χ4n) is 3.57. The van der Waals surface area contributed by atoms with Crippen molar-refractivity contribution in [3.05, 3.63) is 76.8 Å². The van der Waals surface area contributed by atoms with Crippen LogP contribution in [0.25, 0.3) is 0 Å². The van der Waals surface area contributed by atoms with Gasteiger partial charge in [-0.3, -0.25) is 4.79 Å². The summed E-state index contributed by atoms with van der Waals surface area (Å²) in [7, 11) is 0. The SMILES string of the molecule is Cc1nnc2n1[C@H](Cc1ccccc1)CN(C(=O)COc1ccc(Cl)cc1)C2. The number of hydrogen-bond acceptors (Lipinski definition) is 4. The highest BCUT2D eigenvalue weighted by Crippen LogP contribution is 2.25. The Kier molecular flexibility index (Phi) is 5.30. The normalized spacial score (nSPS) is 15.9. The van der Waals surface area contributed by atoms with E-state index in [1.54, 1.807) is 29.2 Å². The molecule has 0 radical (unpaired) electrons. The highest BCUT2D eigenvalue weighted by molar-refractivity contribution is 6.30. The Hall–Kier alpha value is -2.86. The molecule has 0 spiro atoms. The molecule has 6 nitrogen and oxygen atoms in total. The third-order valence-corrected chi connectivity index (χ3v) is 5.16. The van der Waals surface area contributed by atoms with Gasteiger partial charge in [0.2, 0.25) is 0 Å². The van der Waals surface area contributed by atoms with E-state index in [9.17, 15) is 4.79 Å². The Bertz CT molecular complexity index is 956. The second-order valence-electron chi connectivity index (χ2n) is 6.89. The maximum Gasteiger partial charge on any atom is 0.260 e. The number of amides is 1. The van der Waals surface area contributed by atoms with Crippen LogP contribution in [-0.2, 0) is 17.8 Å². The van der Waals surface area contributed by atoms with Crippen LogP contribution in [-0.4, -0.2) is 38.7 Å². The summed E-state index contributed by atoms with van der Waals surface area (Å²) in [4.78, 5) is 14.6. The van der Waals surface area contributed by atoms with Crippen LogP contribution in [0.15, 0.2) is 54.6 Å². The third kappa shape index (κ3) is 4.02. The van der Waals surface area contributed by atoms with E-state index < -0.39 is 0 Å². The summed E-state index contributed by atoms with van der Waals surface area (Å²) in [6.07, 6.45) is 0.814. The lowest BCUT2D eigenvalue weighted by atomic mass is 10.0. The van der Waals surface area contributed by atoms with Gasteiger partial charge in [-0.25, -0.2) is 0 Å². The van der Waals surface area contributed by atoms with E-state index >= 15 is 0 Å². The molecule has 3 aromatic rings. The molecule has 144 valence electrons. The molecule has 2 aromatic carbocycles. The molecule has 4 rings (SSSR count). The monoisotopic (exact) mass is 396 g/mol. The van der Waals surface area contributed by atoms with Crippen molar-refractivity contribution in [2.75, 3.05) is 13.2 Å². The molecule has 1 aromatic heterocycles. The van der Waals surface area contributed by atoms with Gasteiger partial charge in [0.15, 0.2) is 12.4 Å². The zero-order valence-corrected chi connectivity index (χ0v) is 16.3. The predicted octanol–water partition coefficient (Wildman–Crippen LogP) is 3.44. The molecule has 1 atom stereocenters. The van der Waals surface area contributed by atoms with Gasteiger partial charge in [-0.1, -0.05) is 41.9 Å². The van der Waals surface area contributed by atoms with Gasteiger partial charge in [0.1, 0.15) is 11.6 Å². The largest absolute Gasteiger partial charge is 0.484 e. The van der Waals surface area contributed by atoms with E-state index in [2.05, 4.69) is 26.9 Å². The van der Waals surface area contributed by atoms with E-state index in [4.69, 9.17) is 16.3 Å². The third-order valence-electron chi connectivity index (χ3n) is 4.91. The molecule has 28 heavy (non-hydrogen) atoms. The van der Waals surface area contributed by atoms with Crippen LogP contribution in [0.5, 0.6) is 5.75 Å². The number of carbonyl (C=O) groups excluding carboxylic acids is 1. The minimum atomic E-state index is -0.0695. The van der Waals surface area contributed by atoms with E-state index in [0.717, 1.165) is 18.1 Å². The summed E-state index contributed by atoms with van der Waals surface area (Å²) < 4.78 is 7.78. The van der Waals surface area contributed by atoms with Gasteiger partial charge >= 0.3 is 0 Å². The summed E-state index contributed by atoms with van der Waals surface area (Å²) in [6, 6.07) is 17.3. The lowest BCUT2D eigenvalue weighted by Crippen LogP contribution is -2.44. The van der Waals surface area contributed by atoms with Gasteiger partial charge < -0.3 is 14.2 Å². The van der Waals surface area contributed by atoms with Gasteiger partial charge in [0.05, 0.1) is 12.6 Å². The summed E-state index contributed by atoms with van der Waals surface area (Å²) in [6.45, 7) is 2.97. The van der Waals surface area contributed by atoms with E-state index in [1.807, 2.05) is 25.1 Å². The highest BCUT2D eigenvalue weighted by Gasteiger charge is 2.30. The molecule has 1 amide bonds. The van der Waals surface area contributed by atoms with E-state index in [1.165, 1.54) is 5.56 Å². The van der Waals surface area contributed by atoms with Crippen LogP contribution in [0, 0.1) is 6.92 Å². The quantitative estimate of drug-likeness (QED) is 0.662. The Balaban J connectivity index is 1.47. The van der Waals surface area contributed by atoms with Gasteiger partial charge in [-0.05, 0) is 43.2 Å². The summed E-state index contributed by atoms with van der Waals surface area (Å²) in [5.41, 5.74) is 1.22. The average molecular weight is 397 g/mol. The first kappa shape index (κ1) is 18.5. The predicted molar refractivity (Wildman–Crippen MR) is 106 cm³/mol. The number of ether oxygens (including phenoxy) is 1. The summed E-state index contributed by atoms with van der Waals surface area (Å²) in [5, 5.41) is 9.12. The van der Waals surface area contributed by atoms with Crippen LogP contribution in [0.3, 0.4) is 0 Å². The van der Waals surface area contributed by atoms with Crippen molar-refractivity contribution in [3.8, 4) is 5.75 Å². The van der Waals surface area contributed by atoms with Gasteiger partial charge in [0.25, 0.3) is 5.91 Å². The van der Waals surface area contributed by atoms with Crippen molar-refractivity contribution in [2.45, 2.75) is 25.9 Å². The average Bonchev–Trinajstić information content (AvgIpc) is 3.09. The highest BCUT2D eigenvalue weighted by atomic mass is 35.5. The van der Waals surface area contributed by atoms with Gasteiger partial charge in [0, 0.05) is 11.6 Å². The number of aromatic nitrogens is 3. The molecule has 0 fully saturated rings. The van der Waals surface area contributed by atoms with Crippen molar-refractivity contribution < 1.29 is 9.53 Å².